The number of carbonyl (C=O) groups is 2. The van der Waals surface area contributed by atoms with Crippen molar-refractivity contribution in [2.45, 2.75) is 88.7 Å². The largest absolute Gasteiger partial charge is 0.487 e. The summed E-state index contributed by atoms with van der Waals surface area (Å²) < 4.78 is 48.0. The van der Waals surface area contributed by atoms with Crippen LogP contribution >= 0.6 is 11.6 Å². The first-order valence-electron chi connectivity index (χ1n) is 20.1. The lowest BCUT2D eigenvalue weighted by Crippen LogP contribution is -2.59. The Morgan fingerprint density at radius 2 is 1.78 bits per heavy atom. The molecule has 2 aromatic carbocycles. The molecule has 1 amide bonds. The van der Waals surface area contributed by atoms with Crippen molar-refractivity contribution in [2.75, 3.05) is 64.4 Å². The van der Waals surface area contributed by atoms with Crippen LogP contribution in [0.5, 0.6) is 5.75 Å². The Hall–Kier alpha value is -3.16. The summed E-state index contributed by atoms with van der Waals surface area (Å²) in [5, 5.41) is -0.0976. The number of halogens is 1. The predicted molar refractivity (Wildman–Crippen MR) is 214 cm³/mol. The normalized spacial score (nSPS) is 31.6. The third-order valence-corrected chi connectivity index (χ3v) is 15.2. The molecule has 300 valence electrons. The maximum absolute atomic E-state index is 13.6. The number of hydrogen-bond donors (Lipinski definition) is 1. The second-order valence-electron chi connectivity index (χ2n) is 16.4. The number of carbonyl (C=O) groups excluding carboxylic acids is 2. The van der Waals surface area contributed by atoms with Gasteiger partial charge in [-0.25, -0.2) is 13.1 Å². The molecule has 11 nitrogen and oxygen atoms in total. The fourth-order valence-electron chi connectivity index (χ4n) is 9.24. The number of hydrogen-bond acceptors (Lipinski definition) is 10. The molecule has 0 spiro atoms. The first kappa shape index (κ1) is 40.1. The molecule has 3 fully saturated rings. The molecule has 7 rings (SSSR count). The Labute approximate surface area is 331 Å². The van der Waals surface area contributed by atoms with Gasteiger partial charge in [-0.3, -0.25) is 19.4 Å². The van der Waals surface area contributed by atoms with Gasteiger partial charge in [-0.2, -0.15) is 0 Å². The summed E-state index contributed by atoms with van der Waals surface area (Å²) in [5.41, 5.74) is 2.75. The van der Waals surface area contributed by atoms with Gasteiger partial charge in [0.2, 0.25) is 10.0 Å². The van der Waals surface area contributed by atoms with Gasteiger partial charge in [-0.05, 0) is 111 Å². The number of aryl methyl sites for hydroxylation is 1. The van der Waals surface area contributed by atoms with E-state index in [2.05, 4.69) is 31.6 Å². The highest BCUT2D eigenvalue weighted by Crippen LogP contribution is 2.47. The number of esters is 1. The third-order valence-electron chi connectivity index (χ3n) is 13.1. The van der Waals surface area contributed by atoms with E-state index in [-0.39, 0.29) is 29.4 Å². The SMILES string of the molecule is CO[C@@]1(CN2CCN([C@H]3CCOC(=O)C3)CC2)/C=C/C[C@H](C)[C@@H](C)S(=O)(=O)NC(=O)c2ccc3c(c2)N(CCCCc2cc(Cl)ccc2CO3)C[C@@H]2CCC21. The molecule has 2 aromatic rings. The molecule has 1 aliphatic carbocycles. The van der Waals surface area contributed by atoms with Crippen molar-refractivity contribution in [3.8, 4) is 5.75 Å². The van der Waals surface area contributed by atoms with E-state index in [1.54, 1.807) is 13.0 Å². The van der Waals surface area contributed by atoms with Gasteiger partial charge >= 0.3 is 5.97 Å². The number of piperazine rings is 1. The van der Waals surface area contributed by atoms with E-state index in [9.17, 15) is 18.0 Å². The second-order valence-corrected chi connectivity index (χ2v) is 18.8. The Bertz CT molecular complexity index is 1850. The van der Waals surface area contributed by atoms with Crippen molar-refractivity contribution in [1.29, 1.82) is 0 Å². The lowest BCUT2D eigenvalue weighted by atomic mass is 9.63. The molecule has 55 heavy (non-hydrogen) atoms. The number of nitrogens with zero attached hydrogens (tertiary/aromatic N) is 3. The zero-order valence-corrected chi connectivity index (χ0v) is 34.1. The highest BCUT2D eigenvalue weighted by Gasteiger charge is 2.48. The Kier molecular flexibility index (Phi) is 12.5. The number of rotatable bonds is 4. The van der Waals surface area contributed by atoms with Crippen molar-refractivity contribution in [3.63, 3.8) is 0 Å². The van der Waals surface area contributed by atoms with Gasteiger partial charge in [-0.1, -0.05) is 36.7 Å². The van der Waals surface area contributed by atoms with Crippen molar-refractivity contribution in [1.82, 2.24) is 14.5 Å². The summed E-state index contributed by atoms with van der Waals surface area (Å²) in [6.07, 6.45) is 11.0. The van der Waals surface area contributed by atoms with Gasteiger partial charge in [0.15, 0.2) is 0 Å². The van der Waals surface area contributed by atoms with E-state index in [1.165, 1.54) is 5.56 Å². The minimum atomic E-state index is -3.98. The summed E-state index contributed by atoms with van der Waals surface area (Å²) in [7, 11) is -2.16. The third kappa shape index (κ3) is 9.04. The molecule has 6 atom stereocenters. The smallest absolute Gasteiger partial charge is 0.307 e. The maximum Gasteiger partial charge on any atom is 0.307 e. The summed E-state index contributed by atoms with van der Waals surface area (Å²) >= 11 is 6.41. The molecule has 13 heteroatoms. The lowest BCUT2D eigenvalue weighted by molar-refractivity contribution is -0.150. The second kappa shape index (κ2) is 17.1. The number of benzene rings is 2. The van der Waals surface area contributed by atoms with Crippen LogP contribution in [-0.4, -0.2) is 107 Å². The average molecular weight is 797 g/mol. The van der Waals surface area contributed by atoms with E-state index in [0.717, 1.165) is 95.6 Å². The van der Waals surface area contributed by atoms with Crippen LogP contribution in [0.1, 0.15) is 80.3 Å². The Morgan fingerprint density at radius 3 is 2.53 bits per heavy atom. The van der Waals surface area contributed by atoms with Crippen molar-refractivity contribution < 1.29 is 32.2 Å². The first-order valence-corrected chi connectivity index (χ1v) is 22.1. The molecule has 2 bridgehead atoms. The highest BCUT2D eigenvalue weighted by molar-refractivity contribution is 7.90. The van der Waals surface area contributed by atoms with Gasteiger partial charge in [0.05, 0.1) is 24.0 Å². The number of nitrogens with one attached hydrogen (secondary N) is 1. The molecular formula is C42H57ClN4O7S. The minimum absolute atomic E-state index is 0.106. The number of allylic oxidation sites excluding steroid dienone is 1. The van der Waals surface area contributed by atoms with Crippen molar-refractivity contribution in [3.05, 3.63) is 70.3 Å². The number of sulfonamides is 1. The average Bonchev–Trinajstić information content (AvgIpc) is 3.19. The standard InChI is InChI=1S/C42H57ClN4O7S/c1-29-7-6-16-42(52-3,28-45-18-20-46(21-19-45)36-15-22-53-40(48)25-36)37-13-10-33(37)26-47-17-5-4-8-31-23-35(43)12-9-34(31)27-54-39-14-11-32(24-38(39)47)41(49)44-55(50,51)30(29)2/h6,9,11-12,14,16,23-24,29-30,33,36-37H,4-5,7-8,10,13,15,17-22,25-28H2,1-3H3,(H,44,49)/b16-6+/t29-,30+,33-,36-,37?,42+/m0/s1. The quantitative estimate of drug-likeness (QED) is 0.299. The first-order chi connectivity index (χ1) is 26.4. The van der Waals surface area contributed by atoms with E-state index >= 15 is 0 Å². The van der Waals surface area contributed by atoms with Crippen LogP contribution in [0, 0.1) is 17.8 Å². The molecule has 5 aliphatic rings. The molecule has 1 unspecified atom stereocenters. The fraction of sp³-hybridized carbons (Fsp3) is 0.619. The van der Waals surface area contributed by atoms with Crippen LogP contribution in [0.3, 0.4) is 0 Å². The highest BCUT2D eigenvalue weighted by atomic mass is 35.5. The molecule has 1 N–H and O–H groups in total. The number of anilines is 1. The summed E-state index contributed by atoms with van der Waals surface area (Å²) in [5.74, 6) is 0.205. The molecule has 1 saturated carbocycles. The number of amides is 1. The van der Waals surface area contributed by atoms with Crippen LogP contribution < -0.4 is 14.4 Å². The van der Waals surface area contributed by atoms with Gasteiger partial charge < -0.3 is 19.1 Å². The number of cyclic esters (lactones) is 1. The van der Waals surface area contributed by atoms with Gasteiger partial charge in [0.25, 0.3) is 5.91 Å². The Morgan fingerprint density at radius 1 is 0.964 bits per heavy atom. The zero-order chi connectivity index (χ0) is 38.7. The van der Waals surface area contributed by atoms with E-state index in [4.69, 9.17) is 25.8 Å². The van der Waals surface area contributed by atoms with Gasteiger partial charge in [0.1, 0.15) is 18.0 Å². The van der Waals surface area contributed by atoms with Gasteiger partial charge in [0, 0.05) is 69.6 Å². The number of fused-ring (bicyclic) bond motifs is 3. The number of methoxy groups -OCH3 is 1. The molecule has 0 radical (unpaired) electrons. The van der Waals surface area contributed by atoms with E-state index < -0.39 is 26.8 Å². The van der Waals surface area contributed by atoms with Crippen LogP contribution in [0.15, 0.2) is 48.6 Å². The summed E-state index contributed by atoms with van der Waals surface area (Å²) in [4.78, 5) is 33.0. The lowest BCUT2D eigenvalue weighted by Gasteiger charge is -2.52. The van der Waals surface area contributed by atoms with Crippen LogP contribution in [0.25, 0.3) is 0 Å². The monoisotopic (exact) mass is 796 g/mol. The van der Waals surface area contributed by atoms with Gasteiger partial charge in [-0.15, -0.1) is 0 Å². The minimum Gasteiger partial charge on any atom is -0.487 e. The molecule has 4 heterocycles. The molecular weight excluding hydrogens is 740 g/mol. The fourth-order valence-corrected chi connectivity index (χ4v) is 10.7. The molecule has 0 aromatic heterocycles. The van der Waals surface area contributed by atoms with Crippen LogP contribution in [-0.2, 0) is 37.3 Å². The molecule has 2 saturated heterocycles. The number of ether oxygens (including phenoxy) is 3. The van der Waals surface area contributed by atoms with E-state index in [0.29, 0.717) is 42.7 Å². The maximum atomic E-state index is 13.6. The molecule has 4 aliphatic heterocycles. The summed E-state index contributed by atoms with van der Waals surface area (Å²) in [6.45, 7) is 10.2. The summed E-state index contributed by atoms with van der Waals surface area (Å²) in [6, 6.07) is 11.5. The van der Waals surface area contributed by atoms with Crippen LogP contribution in [0.4, 0.5) is 5.69 Å². The topological polar surface area (TPSA) is 118 Å². The van der Waals surface area contributed by atoms with Crippen LogP contribution in [0.2, 0.25) is 5.02 Å². The predicted octanol–water partition coefficient (Wildman–Crippen LogP) is 5.84. The van der Waals surface area contributed by atoms with Crippen molar-refractivity contribution in [2.24, 2.45) is 17.8 Å². The van der Waals surface area contributed by atoms with E-state index in [1.807, 2.05) is 44.4 Å². The Balaban J connectivity index is 1.20. The van der Waals surface area contributed by atoms with Crippen molar-refractivity contribution >= 4 is 39.2 Å². The zero-order valence-electron chi connectivity index (χ0n) is 32.5.